The Balaban J connectivity index is 1.65. The van der Waals surface area contributed by atoms with Crippen molar-refractivity contribution in [1.29, 1.82) is 0 Å². The number of para-hydroxylation sites is 1. The fourth-order valence-electron chi connectivity index (χ4n) is 4.60. The third-order valence-electron chi connectivity index (χ3n) is 5.77. The van der Waals surface area contributed by atoms with Crippen molar-refractivity contribution in [2.24, 2.45) is 5.41 Å². The molecule has 156 valence electrons. The van der Waals surface area contributed by atoms with E-state index in [9.17, 15) is 9.90 Å². The number of rotatable bonds is 4. The predicted molar refractivity (Wildman–Crippen MR) is 106 cm³/mol. The summed E-state index contributed by atoms with van der Waals surface area (Å²) in [5.74, 6) is -1.22. The maximum Gasteiger partial charge on any atom is 0.341 e. The molecule has 0 atom stereocenters. The minimum absolute atomic E-state index is 0.0766. The van der Waals surface area contributed by atoms with Gasteiger partial charge in [0.05, 0.1) is 18.6 Å². The number of ether oxygens (including phenoxy) is 3. The van der Waals surface area contributed by atoms with Crippen LogP contribution in [0.3, 0.4) is 0 Å². The van der Waals surface area contributed by atoms with Crippen molar-refractivity contribution in [3.05, 3.63) is 29.8 Å². The maximum absolute atomic E-state index is 12.4. The first-order valence-electron chi connectivity index (χ1n) is 10.0. The minimum Gasteiger partial charge on any atom is -0.507 e. The number of piperidine rings is 1. The molecular formula is C22H33NO5. The summed E-state index contributed by atoms with van der Waals surface area (Å²) >= 11 is 0. The summed E-state index contributed by atoms with van der Waals surface area (Å²) in [6.45, 7) is 11.9. The Morgan fingerprint density at radius 1 is 1.11 bits per heavy atom. The number of phenols is 1. The number of phenolic OH excluding ortho intramolecular Hbond substituents is 1. The van der Waals surface area contributed by atoms with Crippen LogP contribution < -0.4 is 5.32 Å². The lowest BCUT2D eigenvalue weighted by Gasteiger charge is -2.55. The van der Waals surface area contributed by atoms with E-state index in [1.54, 1.807) is 18.2 Å². The normalized spacial score (nSPS) is 24.6. The van der Waals surface area contributed by atoms with E-state index >= 15 is 0 Å². The molecule has 0 bridgehead atoms. The third-order valence-corrected chi connectivity index (χ3v) is 5.77. The van der Waals surface area contributed by atoms with Gasteiger partial charge in [-0.15, -0.1) is 0 Å². The SMILES string of the molecule is CCC1(COC(=O)c2ccccc2O)COC2(CC(C)(C)NC(C)(C)C2)OC1. The number of nitrogens with one attached hydrogen (secondary N) is 1. The lowest BCUT2D eigenvalue weighted by atomic mass is 9.77. The van der Waals surface area contributed by atoms with E-state index in [0.717, 1.165) is 19.3 Å². The summed E-state index contributed by atoms with van der Waals surface area (Å²) < 4.78 is 18.2. The van der Waals surface area contributed by atoms with E-state index in [1.807, 2.05) is 0 Å². The second-order valence-electron chi connectivity index (χ2n) is 9.68. The van der Waals surface area contributed by atoms with Crippen LogP contribution >= 0.6 is 0 Å². The zero-order chi connectivity index (χ0) is 20.6. The van der Waals surface area contributed by atoms with Crippen molar-refractivity contribution in [2.45, 2.75) is 70.7 Å². The van der Waals surface area contributed by atoms with Gasteiger partial charge < -0.3 is 24.6 Å². The molecule has 1 aromatic carbocycles. The number of hydrogen-bond acceptors (Lipinski definition) is 6. The molecule has 2 saturated heterocycles. The van der Waals surface area contributed by atoms with Crippen molar-refractivity contribution < 1.29 is 24.1 Å². The molecule has 28 heavy (non-hydrogen) atoms. The molecule has 2 heterocycles. The fourth-order valence-corrected chi connectivity index (χ4v) is 4.60. The molecule has 0 unspecified atom stereocenters. The van der Waals surface area contributed by atoms with E-state index in [0.29, 0.717) is 13.2 Å². The Morgan fingerprint density at radius 3 is 2.21 bits per heavy atom. The topological polar surface area (TPSA) is 77.0 Å². The molecule has 0 aliphatic carbocycles. The average molecular weight is 392 g/mol. The van der Waals surface area contributed by atoms with Crippen LogP contribution in [-0.4, -0.2) is 47.8 Å². The molecule has 2 aliphatic heterocycles. The maximum atomic E-state index is 12.4. The van der Waals surface area contributed by atoms with Crippen LogP contribution in [0.2, 0.25) is 0 Å². The molecule has 0 amide bonds. The van der Waals surface area contributed by atoms with Crippen LogP contribution in [0.4, 0.5) is 0 Å². The van der Waals surface area contributed by atoms with E-state index < -0.39 is 11.8 Å². The zero-order valence-electron chi connectivity index (χ0n) is 17.6. The second-order valence-corrected chi connectivity index (χ2v) is 9.68. The Bertz CT molecular complexity index is 701. The molecule has 0 saturated carbocycles. The van der Waals surface area contributed by atoms with Gasteiger partial charge in [0.2, 0.25) is 0 Å². The van der Waals surface area contributed by atoms with E-state index in [1.165, 1.54) is 6.07 Å². The molecule has 0 radical (unpaired) electrons. The highest BCUT2D eigenvalue weighted by Crippen LogP contribution is 2.44. The number of hydrogen-bond donors (Lipinski definition) is 2. The summed E-state index contributed by atoms with van der Waals surface area (Å²) in [6.07, 6.45) is 2.30. The van der Waals surface area contributed by atoms with Gasteiger partial charge in [-0.3, -0.25) is 0 Å². The number of carbonyl (C=O) groups excluding carboxylic acids is 1. The van der Waals surface area contributed by atoms with E-state index in [4.69, 9.17) is 14.2 Å². The number of esters is 1. The van der Waals surface area contributed by atoms with Crippen molar-refractivity contribution in [3.63, 3.8) is 0 Å². The predicted octanol–water partition coefficient (Wildman–Crippen LogP) is 3.63. The molecular weight excluding hydrogens is 358 g/mol. The van der Waals surface area contributed by atoms with Gasteiger partial charge in [-0.05, 0) is 46.2 Å². The lowest BCUT2D eigenvalue weighted by molar-refractivity contribution is -0.332. The molecule has 2 aliphatic rings. The van der Waals surface area contributed by atoms with Crippen LogP contribution in [0.25, 0.3) is 0 Å². The Kier molecular flexibility index (Phi) is 5.51. The monoisotopic (exact) mass is 391 g/mol. The molecule has 1 aromatic rings. The smallest absolute Gasteiger partial charge is 0.341 e. The first-order chi connectivity index (χ1) is 13.0. The standard InChI is InChI=1S/C22H33NO5/c1-6-21(13-26-18(25)16-9-7-8-10-17(16)24)14-27-22(28-15-21)11-19(2,3)23-20(4,5)12-22/h7-10,23-24H,6,11-15H2,1-5H3. The van der Waals surface area contributed by atoms with Crippen LogP contribution in [0.15, 0.2) is 24.3 Å². The highest BCUT2D eigenvalue weighted by Gasteiger charge is 2.53. The van der Waals surface area contributed by atoms with Gasteiger partial charge in [0, 0.05) is 23.9 Å². The van der Waals surface area contributed by atoms with Crippen molar-refractivity contribution in [2.75, 3.05) is 19.8 Å². The molecule has 0 aromatic heterocycles. The zero-order valence-corrected chi connectivity index (χ0v) is 17.6. The molecule has 2 fully saturated rings. The number of benzene rings is 1. The van der Waals surface area contributed by atoms with Gasteiger partial charge in [0.25, 0.3) is 0 Å². The molecule has 1 spiro atoms. The number of aromatic hydroxyl groups is 1. The Morgan fingerprint density at radius 2 is 1.68 bits per heavy atom. The van der Waals surface area contributed by atoms with Gasteiger partial charge in [0.15, 0.2) is 5.79 Å². The Hall–Kier alpha value is -1.63. The molecule has 6 heteroatoms. The van der Waals surface area contributed by atoms with Gasteiger partial charge in [-0.2, -0.15) is 0 Å². The van der Waals surface area contributed by atoms with Gasteiger partial charge in [-0.1, -0.05) is 19.1 Å². The molecule has 6 nitrogen and oxygen atoms in total. The first kappa shape index (κ1) is 21.1. The summed E-state index contributed by atoms with van der Waals surface area (Å²) in [7, 11) is 0. The van der Waals surface area contributed by atoms with E-state index in [2.05, 4.69) is 39.9 Å². The first-order valence-corrected chi connectivity index (χ1v) is 10.0. The highest BCUT2D eigenvalue weighted by atomic mass is 16.7. The van der Waals surface area contributed by atoms with Crippen molar-refractivity contribution in [3.8, 4) is 5.75 Å². The van der Waals surface area contributed by atoms with Crippen LogP contribution in [0.5, 0.6) is 5.75 Å². The summed E-state index contributed by atoms with van der Waals surface area (Å²) in [6, 6.07) is 6.40. The lowest BCUT2D eigenvalue weighted by Crippen LogP contribution is -2.67. The average Bonchev–Trinajstić information content (AvgIpc) is 2.59. The highest BCUT2D eigenvalue weighted by molar-refractivity contribution is 5.92. The summed E-state index contributed by atoms with van der Waals surface area (Å²) in [4.78, 5) is 12.4. The largest absolute Gasteiger partial charge is 0.507 e. The summed E-state index contributed by atoms with van der Waals surface area (Å²) in [5.41, 5.74) is -0.397. The molecule has 3 rings (SSSR count). The van der Waals surface area contributed by atoms with Gasteiger partial charge in [0.1, 0.15) is 17.9 Å². The third kappa shape index (κ3) is 4.50. The fraction of sp³-hybridized carbons (Fsp3) is 0.682. The second kappa shape index (κ2) is 7.32. The molecule has 2 N–H and O–H groups in total. The van der Waals surface area contributed by atoms with Crippen LogP contribution in [-0.2, 0) is 14.2 Å². The van der Waals surface area contributed by atoms with Crippen molar-refractivity contribution >= 4 is 5.97 Å². The van der Waals surface area contributed by atoms with Crippen LogP contribution in [0.1, 0.15) is 64.2 Å². The quantitative estimate of drug-likeness (QED) is 0.764. The number of carbonyl (C=O) groups is 1. The van der Waals surface area contributed by atoms with Crippen molar-refractivity contribution in [1.82, 2.24) is 5.32 Å². The van der Waals surface area contributed by atoms with Gasteiger partial charge in [-0.25, -0.2) is 4.79 Å². The van der Waals surface area contributed by atoms with Crippen LogP contribution in [0, 0.1) is 5.41 Å². The Labute approximate surface area is 167 Å². The minimum atomic E-state index is -0.612. The van der Waals surface area contributed by atoms with Gasteiger partial charge >= 0.3 is 5.97 Å². The summed E-state index contributed by atoms with van der Waals surface area (Å²) in [5, 5.41) is 13.5. The van der Waals surface area contributed by atoms with E-state index in [-0.39, 0.29) is 34.4 Å².